The van der Waals surface area contributed by atoms with Gasteiger partial charge in [0.25, 0.3) is 0 Å². The van der Waals surface area contributed by atoms with Gasteiger partial charge in [0.05, 0.1) is 32.2 Å². The monoisotopic (exact) mass is 464 g/mol. The molecule has 10 heteroatoms. The van der Waals surface area contributed by atoms with E-state index in [0.717, 1.165) is 11.8 Å². The van der Waals surface area contributed by atoms with E-state index in [-0.39, 0.29) is 31.7 Å². The Labute approximate surface area is 188 Å². The van der Waals surface area contributed by atoms with Crippen LogP contribution in [0.1, 0.15) is 31.4 Å². The Bertz CT molecular complexity index is 1070. The lowest BCUT2D eigenvalue weighted by atomic mass is 10.1. The second-order valence-corrected chi connectivity index (χ2v) is 9.29. The molecule has 0 bridgehead atoms. The first-order chi connectivity index (χ1) is 15.2. The zero-order chi connectivity index (χ0) is 23.3. The van der Waals surface area contributed by atoms with E-state index in [2.05, 4.69) is 5.32 Å². The van der Waals surface area contributed by atoms with Gasteiger partial charge < -0.3 is 24.3 Å². The maximum absolute atomic E-state index is 12.5. The number of carbonyl (C=O) groups excluding carboxylic acids is 1. The number of benzene rings is 2. The Hall–Kier alpha value is -3.14. The maximum atomic E-state index is 12.5. The number of ether oxygens (including phenoxy) is 4. The minimum absolute atomic E-state index is 0.107. The number of nitrogens with zero attached hydrogens (tertiary/aromatic N) is 1. The highest BCUT2D eigenvalue weighted by atomic mass is 32.2. The summed E-state index contributed by atoms with van der Waals surface area (Å²) in [6.07, 6.45) is 1.66. The number of rotatable bonds is 10. The highest BCUT2D eigenvalue weighted by Crippen LogP contribution is 2.36. The van der Waals surface area contributed by atoms with Crippen LogP contribution < -0.4 is 28.6 Å². The van der Waals surface area contributed by atoms with Gasteiger partial charge in [0.1, 0.15) is 0 Å². The molecule has 9 nitrogen and oxygen atoms in total. The molecule has 174 valence electrons. The predicted octanol–water partition coefficient (Wildman–Crippen LogP) is 2.86. The summed E-state index contributed by atoms with van der Waals surface area (Å²) in [5.41, 5.74) is 1.34. The first-order valence-corrected chi connectivity index (χ1v) is 12.0. The molecule has 0 spiro atoms. The molecule has 1 N–H and O–H groups in total. The second kappa shape index (κ2) is 9.99. The number of carbonyl (C=O) groups is 1. The zero-order valence-electron chi connectivity index (χ0n) is 18.6. The number of amides is 1. The van der Waals surface area contributed by atoms with Gasteiger partial charge in [0.15, 0.2) is 23.0 Å². The number of methoxy groups -OCH3 is 2. The molecule has 0 unspecified atom stereocenters. The van der Waals surface area contributed by atoms with Crippen LogP contribution in [0.3, 0.4) is 0 Å². The SMILES string of the molecule is COc1ccc([C@H](C)NC(=O)CCCN(c2ccc3c(c2)OCO3)S(C)(=O)=O)cc1OC. The highest BCUT2D eigenvalue weighted by molar-refractivity contribution is 7.92. The average molecular weight is 465 g/mol. The van der Waals surface area contributed by atoms with E-state index < -0.39 is 10.0 Å². The molecule has 1 heterocycles. The molecule has 2 aromatic carbocycles. The van der Waals surface area contributed by atoms with E-state index in [9.17, 15) is 13.2 Å². The normalized spacial score (nSPS) is 13.4. The van der Waals surface area contributed by atoms with Crippen molar-refractivity contribution < 1.29 is 32.2 Å². The number of hydrogen-bond acceptors (Lipinski definition) is 7. The molecule has 1 atom stereocenters. The fourth-order valence-corrected chi connectivity index (χ4v) is 4.39. The van der Waals surface area contributed by atoms with Crippen molar-refractivity contribution in [1.29, 1.82) is 0 Å². The Balaban J connectivity index is 1.58. The minimum Gasteiger partial charge on any atom is -0.493 e. The van der Waals surface area contributed by atoms with Crippen LogP contribution in [0.4, 0.5) is 5.69 Å². The Morgan fingerprint density at radius 1 is 1.09 bits per heavy atom. The van der Waals surface area contributed by atoms with Gasteiger partial charge in [-0.2, -0.15) is 0 Å². The molecule has 0 saturated heterocycles. The van der Waals surface area contributed by atoms with Crippen molar-refractivity contribution in [3.63, 3.8) is 0 Å². The van der Waals surface area contributed by atoms with Crippen molar-refractivity contribution in [2.24, 2.45) is 0 Å². The van der Waals surface area contributed by atoms with Gasteiger partial charge >= 0.3 is 0 Å². The molecular formula is C22H28N2O7S. The molecule has 1 aliphatic heterocycles. The van der Waals surface area contributed by atoms with Crippen LogP contribution in [0.15, 0.2) is 36.4 Å². The van der Waals surface area contributed by atoms with Gasteiger partial charge in [-0.1, -0.05) is 6.07 Å². The summed E-state index contributed by atoms with van der Waals surface area (Å²) in [5.74, 6) is 2.09. The van der Waals surface area contributed by atoms with Crippen LogP contribution >= 0.6 is 0 Å². The van der Waals surface area contributed by atoms with Gasteiger partial charge in [0, 0.05) is 19.0 Å². The van der Waals surface area contributed by atoms with E-state index in [1.165, 1.54) is 4.31 Å². The molecule has 0 radical (unpaired) electrons. The molecule has 0 aromatic heterocycles. The third-order valence-electron chi connectivity index (χ3n) is 5.09. The van der Waals surface area contributed by atoms with Crippen molar-refractivity contribution in [2.45, 2.75) is 25.8 Å². The van der Waals surface area contributed by atoms with Crippen LogP contribution in [0.25, 0.3) is 0 Å². The summed E-state index contributed by atoms with van der Waals surface area (Å²) in [4.78, 5) is 12.5. The Morgan fingerprint density at radius 2 is 1.81 bits per heavy atom. The summed E-state index contributed by atoms with van der Waals surface area (Å²) in [5, 5.41) is 2.93. The number of anilines is 1. The topological polar surface area (TPSA) is 103 Å². The fourth-order valence-electron chi connectivity index (χ4n) is 3.43. The lowest BCUT2D eigenvalue weighted by Crippen LogP contribution is -2.32. The van der Waals surface area contributed by atoms with E-state index in [1.54, 1.807) is 38.5 Å². The lowest BCUT2D eigenvalue weighted by Gasteiger charge is -2.23. The molecule has 0 saturated carbocycles. The minimum atomic E-state index is -3.53. The molecule has 1 aliphatic rings. The van der Waals surface area contributed by atoms with Crippen LogP contribution in [-0.2, 0) is 14.8 Å². The van der Waals surface area contributed by atoms with Crippen LogP contribution in [0, 0.1) is 0 Å². The molecular weight excluding hydrogens is 436 g/mol. The third kappa shape index (κ3) is 5.56. The van der Waals surface area contributed by atoms with Crippen LogP contribution in [0.2, 0.25) is 0 Å². The van der Waals surface area contributed by atoms with Gasteiger partial charge in [-0.05, 0) is 43.2 Å². The van der Waals surface area contributed by atoms with Crippen LogP contribution in [0.5, 0.6) is 23.0 Å². The van der Waals surface area contributed by atoms with E-state index >= 15 is 0 Å². The number of sulfonamides is 1. The van der Waals surface area contributed by atoms with Crippen molar-refractivity contribution in [3.8, 4) is 23.0 Å². The molecule has 32 heavy (non-hydrogen) atoms. The number of fused-ring (bicyclic) bond motifs is 1. The summed E-state index contributed by atoms with van der Waals surface area (Å²) in [7, 11) is -0.418. The third-order valence-corrected chi connectivity index (χ3v) is 6.29. The Morgan fingerprint density at radius 3 is 2.50 bits per heavy atom. The van der Waals surface area contributed by atoms with Crippen molar-refractivity contribution in [1.82, 2.24) is 5.32 Å². The van der Waals surface area contributed by atoms with Crippen molar-refractivity contribution >= 4 is 21.6 Å². The molecule has 1 amide bonds. The molecule has 0 aliphatic carbocycles. The molecule has 2 aromatic rings. The molecule has 0 fully saturated rings. The summed E-state index contributed by atoms with van der Waals surface area (Å²) >= 11 is 0. The quantitative estimate of drug-likeness (QED) is 0.577. The first-order valence-electron chi connectivity index (χ1n) is 10.1. The number of hydrogen-bond donors (Lipinski definition) is 1. The first kappa shape index (κ1) is 23.5. The zero-order valence-corrected chi connectivity index (χ0v) is 19.4. The Kier molecular flexibility index (Phi) is 7.34. The summed E-state index contributed by atoms with van der Waals surface area (Å²) in [6, 6.07) is 10.2. The maximum Gasteiger partial charge on any atom is 0.232 e. The lowest BCUT2D eigenvalue weighted by molar-refractivity contribution is -0.121. The van der Waals surface area contributed by atoms with Gasteiger partial charge in [-0.25, -0.2) is 8.42 Å². The van der Waals surface area contributed by atoms with Gasteiger partial charge in [-0.3, -0.25) is 9.10 Å². The fraction of sp³-hybridized carbons (Fsp3) is 0.409. The summed E-state index contributed by atoms with van der Waals surface area (Å²) in [6.45, 7) is 2.14. The smallest absolute Gasteiger partial charge is 0.232 e. The van der Waals surface area contributed by atoms with Gasteiger partial charge in [-0.15, -0.1) is 0 Å². The van der Waals surface area contributed by atoms with Crippen molar-refractivity contribution in [3.05, 3.63) is 42.0 Å². The van der Waals surface area contributed by atoms with E-state index in [4.69, 9.17) is 18.9 Å². The van der Waals surface area contributed by atoms with Crippen LogP contribution in [-0.4, -0.2) is 48.1 Å². The predicted molar refractivity (Wildman–Crippen MR) is 120 cm³/mol. The van der Waals surface area contributed by atoms with E-state index in [0.29, 0.717) is 35.1 Å². The number of nitrogens with one attached hydrogen (secondary N) is 1. The van der Waals surface area contributed by atoms with Crippen molar-refractivity contribution in [2.75, 3.05) is 38.1 Å². The largest absolute Gasteiger partial charge is 0.493 e. The highest BCUT2D eigenvalue weighted by Gasteiger charge is 2.22. The molecule has 3 rings (SSSR count). The standard InChI is InChI=1S/C22H28N2O7S/c1-15(16-7-9-18(28-2)20(12-16)29-3)23-22(25)6-5-11-24(32(4,26)27)17-8-10-19-21(13-17)31-14-30-19/h7-10,12-13,15H,5-6,11,14H2,1-4H3,(H,23,25)/t15-/m0/s1. The van der Waals surface area contributed by atoms with E-state index in [1.807, 2.05) is 19.1 Å². The second-order valence-electron chi connectivity index (χ2n) is 7.38. The summed E-state index contributed by atoms with van der Waals surface area (Å²) < 4.78 is 47.0. The van der Waals surface area contributed by atoms with Gasteiger partial charge in [0.2, 0.25) is 22.7 Å². The average Bonchev–Trinajstić information content (AvgIpc) is 3.23.